The van der Waals surface area contributed by atoms with E-state index in [0.29, 0.717) is 12.2 Å². The lowest BCUT2D eigenvalue weighted by Gasteiger charge is -2.21. The molecule has 2 N–H and O–H groups in total. The van der Waals surface area contributed by atoms with Gasteiger partial charge >= 0.3 is 0 Å². The van der Waals surface area contributed by atoms with Crippen LogP contribution in [0, 0.1) is 13.8 Å². The zero-order chi connectivity index (χ0) is 11.4. The van der Waals surface area contributed by atoms with Gasteiger partial charge in [-0.15, -0.1) is 0 Å². The third kappa shape index (κ3) is 2.97. The summed E-state index contributed by atoms with van der Waals surface area (Å²) in [4.78, 5) is 0. The van der Waals surface area contributed by atoms with E-state index >= 15 is 0 Å². The fourth-order valence-corrected chi connectivity index (χ4v) is 2.04. The van der Waals surface area contributed by atoms with E-state index in [1.54, 1.807) is 0 Å². The molecule has 0 heterocycles. The largest absolute Gasteiger partial charge is 0.390 e. The summed E-state index contributed by atoms with van der Waals surface area (Å²) >= 11 is 4.05. The van der Waals surface area contributed by atoms with Crippen LogP contribution < -0.4 is 0 Å². The van der Waals surface area contributed by atoms with E-state index in [1.165, 1.54) is 0 Å². The average Bonchev–Trinajstić information content (AvgIpc) is 2.17. The van der Waals surface area contributed by atoms with Gasteiger partial charge in [0.1, 0.15) is 6.10 Å². The molecule has 0 aliphatic carbocycles. The van der Waals surface area contributed by atoms with E-state index in [1.807, 2.05) is 32.0 Å². The monoisotopic (exact) mass is 226 g/mol. The van der Waals surface area contributed by atoms with Crippen molar-refractivity contribution in [2.24, 2.45) is 0 Å². The first kappa shape index (κ1) is 12.6. The Hall–Kier alpha value is -0.510. The number of thiol groups is 1. The first-order valence-electron chi connectivity index (χ1n) is 5.11. The first-order chi connectivity index (χ1) is 7.07. The van der Waals surface area contributed by atoms with E-state index in [-0.39, 0.29) is 0 Å². The molecule has 84 valence electrons. The van der Waals surface area contributed by atoms with Crippen LogP contribution in [0.4, 0.5) is 0 Å². The normalized spacial score (nSPS) is 15.0. The molecule has 1 aromatic rings. The molecule has 0 spiro atoms. The van der Waals surface area contributed by atoms with E-state index in [0.717, 1.165) is 16.7 Å². The highest BCUT2D eigenvalue weighted by Gasteiger charge is 2.20. The molecule has 0 saturated heterocycles. The third-order valence-corrected chi connectivity index (χ3v) is 2.89. The topological polar surface area (TPSA) is 40.5 Å². The molecule has 0 saturated carbocycles. The lowest BCUT2D eigenvalue weighted by molar-refractivity contribution is 0.0165. The van der Waals surface area contributed by atoms with Gasteiger partial charge in [0.15, 0.2) is 0 Å². The van der Waals surface area contributed by atoms with Crippen molar-refractivity contribution in [1.82, 2.24) is 0 Å². The Morgan fingerprint density at radius 3 is 2.20 bits per heavy atom. The molecule has 2 nitrogen and oxygen atoms in total. The maximum atomic E-state index is 10.00. The third-order valence-electron chi connectivity index (χ3n) is 2.63. The van der Waals surface area contributed by atoms with Crippen LogP contribution in [0.2, 0.25) is 0 Å². The maximum Gasteiger partial charge on any atom is 0.105 e. The molecule has 2 atom stereocenters. The fourth-order valence-electron chi connectivity index (χ4n) is 1.78. The standard InChI is InChI=1S/C12H18O2S/c1-8-4-3-5-9(2)11(8)12(14)10(13)6-7-15/h3-5,10,12-15H,6-7H2,1-2H3. The molecular weight excluding hydrogens is 208 g/mol. The second-order valence-electron chi connectivity index (χ2n) is 3.83. The van der Waals surface area contributed by atoms with Gasteiger partial charge in [0.2, 0.25) is 0 Å². The predicted molar refractivity (Wildman–Crippen MR) is 65.4 cm³/mol. The van der Waals surface area contributed by atoms with Gasteiger partial charge in [0.05, 0.1) is 6.10 Å². The van der Waals surface area contributed by atoms with Crippen molar-refractivity contribution in [2.75, 3.05) is 5.75 Å². The lowest BCUT2D eigenvalue weighted by atomic mass is 9.94. The van der Waals surface area contributed by atoms with Crippen LogP contribution in [0.5, 0.6) is 0 Å². The first-order valence-corrected chi connectivity index (χ1v) is 5.74. The molecule has 0 aliphatic rings. The molecule has 0 bridgehead atoms. The van der Waals surface area contributed by atoms with Crippen LogP contribution in [-0.2, 0) is 0 Å². The van der Waals surface area contributed by atoms with Gasteiger partial charge in [-0.05, 0) is 42.7 Å². The molecule has 0 amide bonds. The van der Waals surface area contributed by atoms with Gasteiger partial charge in [-0.1, -0.05) is 18.2 Å². The highest BCUT2D eigenvalue weighted by molar-refractivity contribution is 7.80. The summed E-state index contributed by atoms with van der Waals surface area (Å²) in [5, 5.41) is 19.7. The SMILES string of the molecule is Cc1cccc(C)c1C(O)C(O)CCS. The number of hydrogen-bond acceptors (Lipinski definition) is 3. The summed E-state index contributed by atoms with van der Waals surface area (Å²) in [6, 6.07) is 5.84. The Labute approximate surface area is 96.4 Å². The predicted octanol–water partition coefficient (Wildman–Crippen LogP) is 2.02. The van der Waals surface area contributed by atoms with Gasteiger partial charge < -0.3 is 10.2 Å². The summed E-state index contributed by atoms with van der Waals surface area (Å²) in [7, 11) is 0. The number of rotatable bonds is 4. The van der Waals surface area contributed by atoms with Gasteiger partial charge in [-0.2, -0.15) is 12.6 Å². The van der Waals surface area contributed by atoms with Gasteiger partial charge in [-0.25, -0.2) is 0 Å². The second kappa shape index (κ2) is 5.54. The fraction of sp³-hybridized carbons (Fsp3) is 0.500. The molecule has 0 radical (unpaired) electrons. The zero-order valence-corrected chi connectivity index (χ0v) is 10.0. The van der Waals surface area contributed by atoms with E-state index in [2.05, 4.69) is 12.6 Å². The smallest absolute Gasteiger partial charge is 0.105 e. The number of aliphatic hydroxyl groups excluding tert-OH is 2. The van der Waals surface area contributed by atoms with Crippen molar-refractivity contribution in [1.29, 1.82) is 0 Å². The number of aryl methyl sites for hydroxylation is 2. The highest BCUT2D eigenvalue weighted by Crippen LogP contribution is 2.25. The van der Waals surface area contributed by atoms with E-state index in [4.69, 9.17) is 0 Å². The number of hydrogen-bond donors (Lipinski definition) is 3. The lowest BCUT2D eigenvalue weighted by Crippen LogP contribution is -2.20. The Balaban J connectivity index is 2.94. The molecule has 0 aliphatic heterocycles. The van der Waals surface area contributed by atoms with Crippen molar-refractivity contribution in [2.45, 2.75) is 32.5 Å². The molecule has 15 heavy (non-hydrogen) atoms. The molecule has 1 aromatic carbocycles. The van der Waals surface area contributed by atoms with Crippen LogP contribution in [0.15, 0.2) is 18.2 Å². The minimum absolute atomic E-state index is 0.498. The van der Waals surface area contributed by atoms with Crippen LogP contribution in [0.1, 0.15) is 29.2 Å². The Morgan fingerprint density at radius 2 is 1.73 bits per heavy atom. The summed E-state index contributed by atoms with van der Waals surface area (Å²) in [5.74, 6) is 0.573. The summed E-state index contributed by atoms with van der Waals surface area (Å²) in [5.41, 5.74) is 2.87. The van der Waals surface area contributed by atoms with Crippen molar-refractivity contribution < 1.29 is 10.2 Å². The van der Waals surface area contributed by atoms with Crippen molar-refractivity contribution >= 4 is 12.6 Å². The second-order valence-corrected chi connectivity index (χ2v) is 4.28. The maximum absolute atomic E-state index is 10.00. The Morgan fingerprint density at radius 1 is 1.20 bits per heavy atom. The Bertz CT molecular complexity index is 305. The minimum atomic E-state index is -0.807. The highest BCUT2D eigenvalue weighted by atomic mass is 32.1. The van der Waals surface area contributed by atoms with Crippen molar-refractivity contribution in [3.8, 4) is 0 Å². The van der Waals surface area contributed by atoms with Crippen LogP contribution in [-0.4, -0.2) is 22.1 Å². The average molecular weight is 226 g/mol. The Kier molecular flexibility index (Phi) is 4.64. The van der Waals surface area contributed by atoms with Crippen LogP contribution in [0.25, 0.3) is 0 Å². The number of benzene rings is 1. The minimum Gasteiger partial charge on any atom is -0.390 e. The summed E-state index contributed by atoms with van der Waals surface area (Å²) < 4.78 is 0. The summed E-state index contributed by atoms with van der Waals surface area (Å²) in [6.07, 6.45) is -1.04. The zero-order valence-electron chi connectivity index (χ0n) is 9.14. The molecule has 0 aromatic heterocycles. The van der Waals surface area contributed by atoms with E-state index in [9.17, 15) is 10.2 Å². The molecule has 3 heteroatoms. The van der Waals surface area contributed by atoms with Crippen LogP contribution in [0.3, 0.4) is 0 Å². The van der Waals surface area contributed by atoms with Gasteiger partial charge in [0, 0.05) is 0 Å². The quantitative estimate of drug-likeness (QED) is 0.687. The molecule has 0 fully saturated rings. The van der Waals surface area contributed by atoms with Crippen LogP contribution >= 0.6 is 12.6 Å². The molecule has 2 unspecified atom stereocenters. The van der Waals surface area contributed by atoms with E-state index < -0.39 is 12.2 Å². The van der Waals surface area contributed by atoms with Gasteiger partial charge in [-0.3, -0.25) is 0 Å². The van der Waals surface area contributed by atoms with Crippen molar-refractivity contribution in [3.05, 3.63) is 34.9 Å². The number of aliphatic hydroxyl groups is 2. The summed E-state index contributed by atoms with van der Waals surface area (Å²) in [6.45, 7) is 3.89. The van der Waals surface area contributed by atoms with Crippen molar-refractivity contribution in [3.63, 3.8) is 0 Å². The molecule has 1 rings (SSSR count). The van der Waals surface area contributed by atoms with Gasteiger partial charge in [0.25, 0.3) is 0 Å². The molecular formula is C12H18O2S.